The largest absolute Gasteiger partial charge is 0.396 e. The first-order valence-electron chi connectivity index (χ1n) is 4.84. The number of halogens is 1. The molecule has 0 aliphatic heterocycles. The van der Waals surface area contributed by atoms with Crippen LogP contribution in [-0.4, -0.2) is 4.98 Å². The Bertz CT molecular complexity index is 518. The van der Waals surface area contributed by atoms with Gasteiger partial charge in [-0.05, 0) is 30.2 Å². The Kier molecular flexibility index (Phi) is 2.48. The molecule has 2 rings (SSSR count). The number of rotatable bonds is 1. The summed E-state index contributed by atoms with van der Waals surface area (Å²) in [6, 6.07) is 4.72. The molecule has 3 nitrogen and oxygen atoms in total. The number of nitrogens with zero attached hydrogens (tertiary/aromatic N) is 1. The summed E-state index contributed by atoms with van der Waals surface area (Å²) in [4.78, 5) is 3.95. The molecule has 0 spiro atoms. The molecule has 0 saturated carbocycles. The van der Waals surface area contributed by atoms with Crippen LogP contribution in [0.25, 0.3) is 11.1 Å². The van der Waals surface area contributed by atoms with E-state index in [0.29, 0.717) is 22.5 Å². The van der Waals surface area contributed by atoms with Gasteiger partial charge in [0.25, 0.3) is 0 Å². The second kappa shape index (κ2) is 3.81. The van der Waals surface area contributed by atoms with E-state index in [9.17, 15) is 4.39 Å². The van der Waals surface area contributed by atoms with Crippen molar-refractivity contribution in [3.63, 3.8) is 0 Å². The maximum absolute atomic E-state index is 13.3. The zero-order valence-corrected chi connectivity index (χ0v) is 8.87. The lowest BCUT2D eigenvalue weighted by Crippen LogP contribution is -1.98. The van der Waals surface area contributed by atoms with Gasteiger partial charge in [-0.15, -0.1) is 0 Å². The molecular formula is C12H12FN3. The maximum Gasteiger partial charge on any atom is 0.124 e. The lowest BCUT2D eigenvalue weighted by atomic mass is 10.0. The predicted molar refractivity (Wildman–Crippen MR) is 63.2 cm³/mol. The van der Waals surface area contributed by atoms with Gasteiger partial charge < -0.3 is 11.5 Å². The van der Waals surface area contributed by atoms with Crippen LogP contribution in [0.5, 0.6) is 0 Å². The van der Waals surface area contributed by atoms with Gasteiger partial charge in [0.2, 0.25) is 0 Å². The summed E-state index contributed by atoms with van der Waals surface area (Å²) >= 11 is 0. The first-order chi connectivity index (χ1) is 7.58. The van der Waals surface area contributed by atoms with E-state index < -0.39 is 0 Å². The Balaban J connectivity index is 2.63. The highest BCUT2D eigenvalue weighted by atomic mass is 19.1. The molecule has 0 bridgehead atoms. The quantitative estimate of drug-likeness (QED) is 0.770. The molecule has 0 amide bonds. The number of nitrogens with two attached hydrogens (primary N) is 2. The van der Waals surface area contributed by atoms with Crippen molar-refractivity contribution in [1.29, 1.82) is 0 Å². The molecule has 1 aromatic heterocycles. The zero-order chi connectivity index (χ0) is 11.7. The van der Waals surface area contributed by atoms with E-state index in [1.165, 1.54) is 18.3 Å². The summed E-state index contributed by atoms with van der Waals surface area (Å²) < 4.78 is 13.3. The molecule has 0 unspecified atom stereocenters. The zero-order valence-electron chi connectivity index (χ0n) is 8.87. The first kappa shape index (κ1) is 10.4. The Morgan fingerprint density at radius 1 is 1.12 bits per heavy atom. The highest BCUT2D eigenvalue weighted by Crippen LogP contribution is 2.29. The monoisotopic (exact) mass is 217 g/mol. The van der Waals surface area contributed by atoms with Gasteiger partial charge in [0.15, 0.2) is 0 Å². The molecule has 0 aliphatic rings. The van der Waals surface area contributed by atoms with Crippen LogP contribution >= 0.6 is 0 Å². The van der Waals surface area contributed by atoms with Crippen molar-refractivity contribution in [3.8, 4) is 11.1 Å². The van der Waals surface area contributed by atoms with Crippen molar-refractivity contribution in [2.75, 3.05) is 11.5 Å². The van der Waals surface area contributed by atoms with Gasteiger partial charge in [-0.1, -0.05) is 6.07 Å². The number of aromatic nitrogens is 1. The molecule has 1 heterocycles. The van der Waals surface area contributed by atoms with Crippen molar-refractivity contribution >= 4 is 11.4 Å². The number of hydrogen-bond donors (Lipinski definition) is 2. The van der Waals surface area contributed by atoms with Crippen molar-refractivity contribution in [3.05, 3.63) is 42.0 Å². The van der Waals surface area contributed by atoms with Crippen molar-refractivity contribution in [2.45, 2.75) is 6.92 Å². The summed E-state index contributed by atoms with van der Waals surface area (Å²) in [6.45, 7) is 1.82. The first-order valence-corrected chi connectivity index (χ1v) is 4.84. The van der Waals surface area contributed by atoms with E-state index in [4.69, 9.17) is 11.5 Å². The molecule has 4 N–H and O–H groups in total. The molecule has 1 aromatic carbocycles. The summed E-state index contributed by atoms with van der Waals surface area (Å²) in [7, 11) is 0. The Labute approximate surface area is 92.9 Å². The minimum absolute atomic E-state index is 0.295. The van der Waals surface area contributed by atoms with Gasteiger partial charge in [0.05, 0.1) is 17.6 Å². The number of anilines is 2. The molecule has 0 fully saturated rings. The Morgan fingerprint density at radius 2 is 1.88 bits per heavy atom. The molecule has 4 heteroatoms. The second-order valence-corrected chi connectivity index (χ2v) is 3.71. The van der Waals surface area contributed by atoms with Crippen LogP contribution in [0.1, 0.15) is 5.56 Å². The van der Waals surface area contributed by atoms with Gasteiger partial charge in [0.1, 0.15) is 5.82 Å². The number of aryl methyl sites for hydroxylation is 1. The van der Waals surface area contributed by atoms with Crippen molar-refractivity contribution in [1.82, 2.24) is 4.98 Å². The number of nitrogen functional groups attached to an aromatic ring is 2. The minimum Gasteiger partial charge on any atom is -0.396 e. The summed E-state index contributed by atoms with van der Waals surface area (Å²) in [5.41, 5.74) is 14.5. The van der Waals surface area contributed by atoms with E-state index in [-0.39, 0.29) is 5.82 Å². The van der Waals surface area contributed by atoms with Crippen LogP contribution in [-0.2, 0) is 0 Å². The van der Waals surface area contributed by atoms with Crippen LogP contribution in [0.15, 0.2) is 30.6 Å². The molecule has 0 aliphatic carbocycles. The number of pyridine rings is 1. The smallest absolute Gasteiger partial charge is 0.124 e. The second-order valence-electron chi connectivity index (χ2n) is 3.71. The van der Waals surface area contributed by atoms with E-state index in [1.807, 2.05) is 13.0 Å². The lowest BCUT2D eigenvalue weighted by Gasteiger charge is -2.08. The molecule has 2 aromatic rings. The molecule has 82 valence electrons. The normalized spacial score (nSPS) is 10.4. The third-order valence-corrected chi connectivity index (χ3v) is 2.37. The Hall–Kier alpha value is -2.10. The van der Waals surface area contributed by atoms with Crippen LogP contribution < -0.4 is 11.5 Å². The van der Waals surface area contributed by atoms with Crippen LogP contribution in [0, 0.1) is 12.7 Å². The van der Waals surface area contributed by atoms with E-state index in [1.54, 1.807) is 6.20 Å². The summed E-state index contributed by atoms with van der Waals surface area (Å²) in [5, 5.41) is 0. The minimum atomic E-state index is -0.295. The highest BCUT2D eigenvalue weighted by molar-refractivity contribution is 5.83. The third kappa shape index (κ3) is 1.82. The summed E-state index contributed by atoms with van der Waals surface area (Å²) in [6.07, 6.45) is 3.06. The van der Waals surface area contributed by atoms with E-state index >= 15 is 0 Å². The fourth-order valence-electron chi connectivity index (χ4n) is 1.61. The van der Waals surface area contributed by atoms with Crippen LogP contribution in [0.2, 0.25) is 0 Å². The molecule has 0 radical (unpaired) electrons. The molecular weight excluding hydrogens is 205 g/mol. The maximum atomic E-state index is 13.3. The standard InChI is InChI=1S/C12H12FN3/c1-7-2-8(4-9(13)3-7)10-5-16-6-11(14)12(10)15/h2-6H,14H2,1H3,(H2,15,16). The van der Waals surface area contributed by atoms with Gasteiger partial charge in [-0.3, -0.25) is 4.98 Å². The van der Waals surface area contributed by atoms with E-state index in [2.05, 4.69) is 4.98 Å². The van der Waals surface area contributed by atoms with Crippen molar-refractivity contribution in [2.24, 2.45) is 0 Å². The number of hydrogen-bond acceptors (Lipinski definition) is 3. The van der Waals surface area contributed by atoms with Gasteiger partial charge in [0, 0.05) is 11.8 Å². The van der Waals surface area contributed by atoms with Crippen molar-refractivity contribution < 1.29 is 4.39 Å². The van der Waals surface area contributed by atoms with Crippen LogP contribution in [0.4, 0.5) is 15.8 Å². The summed E-state index contributed by atoms with van der Waals surface area (Å²) in [5.74, 6) is -0.295. The molecule has 0 atom stereocenters. The lowest BCUT2D eigenvalue weighted by molar-refractivity contribution is 0.627. The Morgan fingerprint density at radius 3 is 2.56 bits per heavy atom. The van der Waals surface area contributed by atoms with E-state index in [0.717, 1.165) is 5.56 Å². The number of benzene rings is 1. The predicted octanol–water partition coefficient (Wildman–Crippen LogP) is 2.36. The molecule has 0 saturated heterocycles. The fourth-order valence-corrected chi connectivity index (χ4v) is 1.61. The fraction of sp³-hybridized carbons (Fsp3) is 0.0833. The average molecular weight is 217 g/mol. The van der Waals surface area contributed by atoms with Gasteiger partial charge >= 0.3 is 0 Å². The van der Waals surface area contributed by atoms with Gasteiger partial charge in [-0.2, -0.15) is 0 Å². The SMILES string of the molecule is Cc1cc(F)cc(-c2cncc(N)c2N)c1. The average Bonchev–Trinajstić information content (AvgIpc) is 2.20. The third-order valence-electron chi connectivity index (χ3n) is 2.37. The molecule has 16 heavy (non-hydrogen) atoms. The topological polar surface area (TPSA) is 64.9 Å². The van der Waals surface area contributed by atoms with Gasteiger partial charge in [-0.25, -0.2) is 4.39 Å². The highest BCUT2D eigenvalue weighted by Gasteiger charge is 2.07. The van der Waals surface area contributed by atoms with Crippen LogP contribution in [0.3, 0.4) is 0 Å².